The van der Waals surface area contributed by atoms with E-state index in [4.69, 9.17) is 0 Å². The quantitative estimate of drug-likeness (QED) is 0.633. The van der Waals surface area contributed by atoms with Gasteiger partial charge in [-0.1, -0.05) is 18.6 Å². The highest BCUT2D eigenvalue weighted by Gasteiger charge is 2.47. The Morgan fingerprint density at radius 1 is 1.09 bits per heavy atom. The zero-order chi connectivity index (χ0) is 16.0. The normalized spacial score (nSPS) is 38.3. The summed E-state index contributed by atoms with van der Waals surface area (Å²) in [4.78, 5) is 38.2. The summed E-state index contributed by atoms with van der Waals surface area (Å²) in [6.07, 6.45) is 10.4. The maximum atomic E-state index is 12.4. The molecule has 0 aromatic carbocycles. The molecule has 4 aliphatic rings. The van der Waals surface area contributed by atoms with Crippen molar-refractivity contribution in [2.45, 2.75) is 51.0 Å². The van der Waals surface area contributed by atoms with Gasteiger partial charge in [-0.15, -0.1) is 0 Å². The van der Waals surface area contributed by atoms with Crippen LogP contribution in [0.1, 0.15) is 44.9 Å². The number of hydrogen-bond donors (Lipinski definition) is 1. The van der Waals surface area contributed by atoms with Gasteiger partial charge in [0.1, 0.15) is 0 Å². The molecule has 1 heterocycles. The number of fused-ring (bicyclic) bond motifs is 3. The van der Waals surface area contributed by atoms with Crippen LogP contribution < -0.4 is 5.32 Å². The fraction of sp³-hybridized carbons (Fsp3) is 0.722. The van der Waals surface area contributed by atoms with Crippen LogP contribution in [0.5, 0.6) is 0 Å². The molecule has 124 valence electrons. The second kappa shape index (κ2) is 5.77. The van der Waals surface area contributed by atoms with Crippen molar-refractivity contribution in [3.63, 3.8) is 0 Å². The molecule has 5 heteroatoms. The molecule has 4 rings (SSSR count). The van der Waals surface area contributed by atoms with Crippen molar-refractivity contribution in [2.24, 2.45) is 23.7 Å². The van der Waals surface area contributed by atoms with E-state index in [9.17, 15) is 14.4 Å². The Kier molecular flexibility index (Phi) is 3.74. The number of allylic oxidation sites excluding steroid dienone is 2. The SMILES string of the molecule is O=C(CCN1C(=O)[C@H]2CC=CC[C@H]2C1=O)N[C@H]1C[C@H]2CC[C@@H]1C2. The molecule has 5 atom stereocenters. The van der Waals surface area contributed by atoms with Crippen molar-refractivity contribution >= 4 is 17.7 Å². The van der Waals surface area contributed by atoms with Crippen molar-refractivity contribution in [3.05, 3.63) is 12.2 Å². The Morgan fingerprint density at radius 3 is 2.35 bits per heavy atom. The Labute approximate surface area is 136 Å². The third-order valence-corrected chi connectivity index (χ3v) is 6.25. The van der Waals surface area contributed by atoms with Crippen LogP contribution >= 0.6 is 0 Å². The number of nitrogens with zero attached hydrogens (tertiary/aromatic N) is 1. The summed E-state index contributed by atoms with van der Waals surface area (Å²) in [6.45, 7) is 0.233. The highest BCUT2D eigenvalue weighted by molar-refractivity contribution is 6.05. The van der Waals surface area contributed by atoms with Gasteiger partial charge >= 0.3 is 0 Å². The minimum atomic E-state index is -0.193. The number of nitrogens with one attached hydrogen (secondary N) is 1. The second-order valence-corrected chi connectivity index (χ2v) is 7.58. The van der Waals surface area contributed by atoms with Gasteiger partial charge in [0.05, 0.1) is 11.8 Å². The summed E-state index contributed by atoms with van der Waals surface area (Å²) < 4.78 is 0. The number of imide groups is 1. The molecule has 3 amide bonds. The lowest BCUT2D eigenvalue weighted by Crippen LogP contribution is -2.41. The zero-order valence-corrected chi connectivity index (χ0v) is 13.4. The van der Waals surface area contributed by atoms with Gasteiger partial charge in [-0.2, -0.15) is 0 Å². The average Bonchev–Trinajstić information content (AvgIpc) is 3.22. The van der Waals surface area contributed by atoms with E-state index in [1.807, 2.05) is 12.2 Å². The number of carbonyl (C=O) groups is 3. The van der Waals surface area contributed by atoms with E-state index < -0.39 is 0 Å². The van der Waals surface area contributed by atoms with Crippen LogP contribution in [0.3, 0.4) is 0 Å². The maximum Gasteiger partial charge on any atom is 0.233 e. The topological polar surface area (TPSA) is 66.5 Å². The Morgan fingerprint density at radius 2 is 1.78 bits per heavy atom. The zero-order valence-electron chi connectivity index (χ0n) is 13.4. The van der Waals surface area contributed by atoms with E-state index in [0.29, 0.717) is 24.8 Å². The molecule has 0 radical (unpaired) electrons. The summed E-state index contributed by atoms with van der Waals surface area (Å²) in [5.74, 6) is 0.864. The molecule has 0 unspecified atom stereocenters. The smallest absolute Gasteiger partial charge is 0.233 e. The molecule has 2 saturated carbocycles. The van der Waals surface area contributed by atoms with Crippen LogP contribution in [0, 0.1) is 23.7 Å². The first-order valence-electron chi connectivity index (χ1n) is 8.93. The van der Waals surface area contributed by atoms with Crippen LogP contribution in [-0.2, 0) is 14.4 Å². The summed E-state index contributed by atoms with van der Waals surface area (Å²) in [5, 5.41) is 3.13. The lowest BCUT2D eigenvalue weighted by molar-refractivity contribution is -0.140. The molecule has 0 spiro atoms. The molecule has 1 saturated heterocycles. The molecule has 5 nitrogen and oxygen atoms in total. The minimum Gasteiger partial charge on any atom is -0.353 e. The minimum absolute atomic E-state index is 0.0175. The summed E-state index contributed by atoms with van der Waals surface area (Å²) >= 11 is 0. The maximum absolute atomic E-state index is 12.4. The molecule has 1 N–H and O–H groups in total. The van der Waals surface area contributed by atoms with E-state index in [-0.39, 0.29) is 42.5 Å². The lowest BCUT2D eigenvalue weighted by Gasteiger charge is -2.23. The van der Waals surface area contributed by atoms with Crippen molar-refractivity contribution in [1.29, 1.82) is 0 Å². The third-order valence-electron chi connectivity index (χ3n) is 6.25. The average molecular weight is 316 g/mol. The van der Waals surface area contributed by atoms with E-state index >= 15 is 0 Å². The fourth-order valence-corrected chi connectivity index (χ4v) is 5.00. The second-order valence-electron chi connectivity index (χ2n) is 7.58. The van der Waals surface area contributed by atoms with Crippen molar-refractivity contribution in [1.82, 2.24) is 10.2 Å². The predicted molar refractivity (Wildman–Crippen MR) is 84.1 cm³/mol. The van der Waals surface area contributed by atoms with Gasteiger partial charge in [-0.3, -0.25) is 19.3 Å². The van der Waals surface area contributed by atoms with Crippen LogP contribution in [0.15, 0.2) is 12.2 Å². The molecular weight excluding hydrogens is 292 g/mol. The Balaban J connectivity index is 1.30. The monoisotopic (exact) mass is 316 g/mol. The molecule has 1 aliphatic heterocycles. The molecular formula is C18H24N2O3. The van der Waals surface area contributed by atoms with E-state index in [2.05, 4.69) is 5.32 Å². The number of likely N-dealkylation sites (tertiary alicyclic amines) is 1. The first-order chi connectivity index (χ1) is 11.1. The fourth-order valence-electron chi connectivity index (χ4n) is 5.00. The first-order valence-corrected chi connectivity index (χ1v) is 8.93. The van der Waals surface area contributed by atoms with Crippen molar-refractivity contribution in [3.8, 4) is 0 Å². The van der Waals surface area contributed by atoms with Gasteiger partial charge in [0.25, 0.3) is 0 Å². The summed E-state index contributed by atoms with van der Waals surface area (Å²) in [6, 6.07) is 0.318. The van der Waals surface area contributed by atoms with Crippen LogP contribution in [0.2, 0.25) is 0 Å². The number of carbonyl (C=O) groups excluding carboxylic acids is 3. The highest BCUT2D eigenvalue weighted by atomic mass is 16.2. The van der Waals surface area contributed by atoms with Crippen LogP contribution in [-0.4, -0.2) is 35.2 Å². The largest absolute Gasteiger partial charge is 0.353 e. The summed E-state index contributed by atoms with van der Waals surface area (Å²) in [7, 11) is 0. The van der Waals surface area contributed by atoms with Gasteiger partial charge in [-0.05, 0) is 43.9 Å². The summed E-state index contributed by atoms with van der Waals surface area (Å²) in [5.41, 5.74) is 0. The van der Waals surface area contributed by atoms with Gasteiger partial charge in [0.15, 0.2) is 0 Å². The van der Waals surface area contributed by atoms with Gasteiger partial charge in [0.2, 0.25) is 17.7 Å². The molecule has 0 aromatic rings. The van der Waals surface area contributed by atoms with E-state index in [1.54, 1.807) is 0 Å². The van der Waals surface area contributed by atoms with Crippen LogP contribution in [0.25, 0.3) is 0 Å². The molecule has 3 fully saturated rings. The van der Waals surface area contributed by atoms with Gasteiger partial charge in [0, 0.05) is 19.0 Å². The molecule has 23 heavy (non-hydrogen) atoms. The first kappa shape index (κ1) is 14.9. The number of amides is 3. The van der Waals surface area contributed by atoms with E-state index in [0.717, 1.165) is 12.3 Å². The Hall–Kier alpha value is -1.65. The Bertz CT molecular complexity index is 545. The lowest BCUT2D eigenvalue weighted by atomic mass is 9.85. The molecule has 3 aliphatic carbocycles. The predicted octanol–water partition coefficient (Wildman–Crippen LogP) is 1.63. The van der Waals surface area contributed by atoms with Crippen LogP contribution in [0.4, 0.5) is 0 Å². The van der Waals surface area contributed by atoms with Crippen molar-refractivity contribution in [2.75, 3.05) is 6.54 Å². The standard InChI is InChI=1S/C18H24N2O3/c21-16(19-15-10-11-5-6-12(15)9-11)7-8-20-17(22)13-3-1-2-4-14(13)18(20)23/h1-2,11-15H,3-10H2,(H,19,21)/t11-,12+,13-,14+,15-/m0/s1. The number of hydrogen-bond acceptors (Lipinski definition) is 3. The molecule has 2 bridgehead atoms. The highest BCUT2D eigenvalue weighted by Crippen LogP contribution is 2.44. The van der Waals surface area contributed by atoms with Gasteiger partial charge in [-0.25, -0.2) is 0 Å². The van der Waals surface area contributed by atoms with E-state index in [1.165, 1.54) is 24.2 Å². The third kappa shape index (κ3) is 2.60. The van der Waals surface area contributed by atoms with Gasteiger partial charge < -0.3 is 5.32 Å². The van der Waals surface area contributed by atoms with Crippen molar-refractivity contribution < 1.29 is 14.4 Å². The molecule has 0 aromatic heterocycles. The number of rotatable bonds is 4.